The second-order valence-electron chi connectivity index (χ2n) is 6.05. The van der Waals surface area contributed by atoms with Crippen LogP contribution in [-0.2, 0) is 4.79 Å². The monoisotopic (exact) mass is 249 g/mol. The molecule has 0 spiro atoms. The highest BCUT2D eigenvalue weighted by Gasteiger charge is 2.36. The predicted molar refractivity (Wildman–Crippen MR) is 69.5 cm³/mol. The van der Waals surface area contributed by atoms with E-state index in [-0.39, 0.29) is 5.92 Å². The van der Waals surface area contributed by atoms with E-state index < -0.39 is 5.54 Å². The molecule has 0 aromatic rings. The zero-order valence-electron chi connectivity index (χ0n) is 11.2. The van der Waals surface area contributed by atoms with E-state index in [4.69, 9.17) is 11.0 Å². The summed E-state index contributed by atoms with van der Waals surface area (Å²) < 4.78 is 0. The minimum absolute atomic E-state index is 0.100. The molecule has 4 heteroatoms. The van der Waals surface area contributed by atoms with E-state index >= 15 is 0 Å². The van der Waals surface area contributed by atoms with E-state index in [1.807, 2.05) is 4.90 Å². The minimum atomic E-state index is -0.687. The van der Waals surface area contributed by atoms with Gasteiger partial charge < -0.3 is 10.6 Å². The molecule has 2 N–H and O–H groups in total. The molecule has 1 aliphatic heterocycles. The van der Waals surface area contributed by atoms with E-state index in [1.54, 1.807) is 0 Å². The van der Waals surface area contributed by atoms with Crippen molar-refractivity contribution in [1.29, 1.82) is 5.26 Å². The first kappa shape index (κ1) is 13.4. The molecule has 1 amide bonds. The van der Waals surface area contributed by atoms with Crippen LogP contribution in [0.5, 0.6) is 0 Å². The third-order valence-corrected chi connectivity index (χ3v) is 4.55. The van der Waals surface area contributed by atoms with Crippen molar-refractivity contribution in [3.05, 3.63) is 0 Å². The number of hydrogen-bond donors (Lipinski definition) is 1. The summed E-state index contributed by atoms with van der Waals surface area (Å²) in [6, 6.07) is 2.18. The topological polar surface area (TPSA) is 70.1 Å². The van der Waals surface area contributed by atoms with Crippen molar-refractivity contribution in [2.24, 2.45) is 17.6 Å². The number of carbonyl (C=O) groups is 1. The van der Waals surface area contributed by atoms with Crippen molar-refractivity contribution < 1.29 is 4.79 Å². The molecule has 2 fully saturated rings. The molecule has 18 heavy (non-hydrogen) atoms. The van der Waals surface area contributed by atoms with Crippen LogP contribution in [-0.4, -0.2) is 29.4 Å². The number of piperidine rings is 1. The van der Waals surface area contributed by atoms with E-state index in [1.165, 1.54) is 0 Å². The summed E-state index contributed by atoms with van der Waals surface area (Å²) in [6.45, 7) is 4.06. The third kappa shape index (κ3) is 2.84. The smallest absolute Gasteiger partial charge is 0.225 e. The van der Waals surface area contributed by atoms with Crippen LogP contribution in [0.15, 0.2) is 0 Å². The van der Waals surface area contributed by atoms with E-state index in [2.05, 4.69) is 13.0 Å². The van der Waals surface area contributed by atoms with Crippen molar-refractivity contribution in [3.63, 3.8) is 0 Å². The highest BCUT2D eigenvalue weighted by molar-refractivity contribution is 5.79. The number of nitrogens with zero attached hydrogens (tertiary/aromatic N) is 2. The third-order valence-electron chi connectivity index (χ3n) is 4.55. The standard InChI is InChI=1S/C14H23N3O/c1-11-4-8-17(9-5-11)13(18)12-2-6-14(16,10-15)7-3-12/h11-12H,2-9,16H2,1H3. The van der Waals surface area contributed by atoms with Crippen LogP contribution in [0.2, 0.25) is 0 Å². The molecule has 0 radical (unpaired) electrons. The maximum atomic E-state index is 12.4. The van der Waals surface area contributed by atoms with Crippen LogP contribution in [0.1, 0.15) is 45.4 Å². The summed E-state index contributed by atoms with van der Waals surface area (Å²) in [4.78, 5) is 14.4. The average molecular weight is 249 g/mol. The Kier molecular flexibility index (Phi) is 3.91. The first-order valence-corrected chi connectivity index (χ1v) is 7.03. The van der Waals surface area contributed by atoms with Gasteiger partial charge in [-0.1, -0.05) is 6.92 Å². The Bertz CT molecular complexity index is 345. The Labute approximate surface area is 109 Å². The van der Waals surface area contributed by atoms with E-state index in [0.29, 0.717) is 18.7 Å². The van der Waals surface area contributed by atoms with Gasteiger partial charge in [0, 0.05) is 19.0 Å². The Hall–Kier alpha value is -1.08. The first-order valence-electron chi connectivity index (χ1n) is 7.03. The van der Waals surface area contributed by atoms with Crippen molar-refractivity contribution in [2.45, 2.75) is 51.0 Å². The molecular formula is C14H23N3O. The minimum Gasteiger partial charge on any atom is -0.342 e. The number of likely N-dealkylation sites (tertiary alicyclic amines) is 1. The van der Waals surface area contributed by atoms with Gasteiger partial charge in [-0.25, -0.2) is 0 Å². The highest BCUT2D eigenvalue weighted by atomic mass is 16.2. The zero-order valence-corrected chi connectivity index (χ0v) is 11.2. The first-order chi connectivity index (χ1) is 8.54. The van der Waals surface area contributed by atoms with Crippen LogP contribution < -0.4 is 5.73 Å². The van der Waals surface area contributed by atoms with Crippen LogP contribution in [0.3, 0.4) is 0 Å². The zero-order chi connectivity index (χ0) is 13.2. The number of nitriles is 1. The normalized spacial score (nSPS) is 34.1. The fourth-order valence-corrected chi connectivity index (χ4v) is 2.98. The summed E-state index contributed by atoms with van der Waals surface area (Å²) in [5, 5.41) is 8.98. The maximum Gasteiger partial charge on any atom is 0.225 e. The Morgan fingerprint density at radius 3 is 2.33 bits per heavy atom. The second kappa shape index (κ2) is 5.27. The largest absolute Gasteiger partial charge is 0.342 e. The summed E-state index contributed by atoms with van der Waals surface area (Å²) >= 11 is 0. The summed E-state index contributed by atoms with van der Waals surface area (Å²) in [7, 11) is 0. The van der Waals surface area contributed by atoms with Gasteiger partial charge in [0.15, 0.2) is 0 Å². The molecule has 100 valence electrons. The molecule has 0 aromatic carbocycles. The lowest BCUT2D eigenvalue weighted by Crippen LogP contribution is -2.47. The highest BCUT2D eigenvalue weighted by Crippen LogP contribution is 2.32. The van der Waals surface area contributed by atoms with Gasteiger partial charge in [-0.2, -0.15) is 5.26 Å². The molecule has 4 nitrogen and oxygen atoms in total. The molecule has 1 aliphatic carbocycles. The molecule has 1 heterocycles. The van der Waals surface area contributed by atoms with Gasteiger partial charge >= 0.3 is 0 Å². The van der Waals surface area contributed by atoms with Crippen LogP contribution >= 0.6 is 0 Å². The number of amides is 1. The fourth-order valence-electron chi connectivity index (χ4n) is 2.98. The summed E-state index contributed by atoms with van der Waals surface area (Å²) in [5.41, 5.74) is 5.24. The van der Waals surface area contributed by atoms with Gasteiger partial charge in [-0.15, -0.1) is 0 Å². The molecule has 0 bridgehead atoms. The lowest BCUT2D eigenvalue weighted by Gasteiger charge is -2.36. The van der Waals surface area contributed by atoms with Crippen molar-refractivity contribution in [2.75, 3.05) is 13.1 Å². The van der Waals surface area contributed by atoms with Gasteiger partial charge in [-0.05, 0) is 44.4 Å². The number of rotatable bonds is 1. The Morgan fingerprint density at radius 1 is 1.28 bits per heavy atom. The van der Waals surface area contributed by atoms with Gasteiger partial charge in [0.25, 0.3) is 0 Å². The maximum absolute atomic E-state index is 12.4. The van der Waals surface area contributed by atoms with E-state index in [9.17, 15) is 4.79 Å². The van der Waals surface area contributed by atoms with Gasteiger partial charge in [0.2, 0.25) is 5.91 Å². The molecule has 2 aliphatic rings. The quantitative estimate of drug-likeness (QED) is 0.768. The van der Waals surface area contributed by atoms with Crippen molar-refractivity contribution in [3.8, 4) is 6.07 Å². The lowest BCUT2D eigenvalue weighted by atomic mass is 9.77. The molecule has 0 aromatic heterocycles. The number of hydrogen-bond acceptors (Lipinski definition) is 3. The molecule has 0 unspecified atom stereocenters. The van der Waals surface area contributed by atoms with Crippen LogP contribution in [0.25, 0.3) is 0 Å². The summed E-state index contributed by atoms with van der Waals surface area (Å²) in [6.07, 6.45) is 5.10. The van der Waals surface area contributed by atoms with Crippen molar-refractivity contribution >= 4 is 5.91 Å². The second-order valence-corrected chi connectivity index (χ2v) is 6.05. The number of carbonyl (C=O) groups excluding carboxylic acids is 1. The summed E-state index contributed by atoms with van der Waals surface area (Å²) in [5.74, 6) is 1.14. The molecular weight excluding hydrogens is 226 g/mol. The van der Waals surface area contributed by atoms with Gasteiger partial charge in [0.05, 0.1) is 6.07 Å². The van der Waals surface area contributed by atoms with E-state index in [0.717, 1.165) is 44.7 Å². The van der Waals surface area contributed by atoms with Gasteiger partial charge in [-0.3, -0.25) is 4.79 Å². The Balaban J connectivity index is 1.86. The molecule has 0 atom stereocenters. The molecule has 2 rings (SSSR count). The van der Waals surface area contributed by atoms with Crippen molar-refractivity contribution in [1.82, 2.24) is 4.90 Å². The van der Waals surface area contributed by atoms with Gasteiger partial charge in [0.1, 0.15) is 5.54 Å². The van der Waals surface area contributed by atoms with Crippen LogP contribution in [0.4, 0.5) is 0 Å². The molecule has 1 saturated carbocycles. The fraction of sp³-hybridized carbons (Fsp3) is 0.857. The Morgan fingerprint density at radius 2 is 1.83 bits per heavy atom. The molecule has 1 saturated heterocycles. The SMILES string of the molecule is CC1CCN(C(=O)C2CCC(N)(C#N)CC2)CC1. The predicted octanol–water partition coefficient (Wildman–Crippen LogP) is 1.66. The van der Waals surface area contributed by atoms with Crippen LogP contribution in [0, 0.1) is 23.2 Å². The number of nitrogens with two attached hydrogens (primary N) is 1. The average Bonchev–Trinajstić information content (AvgIpc) is 2.40. The lowest BCUT2D eigenvalue weighted by molar-refractivity contribution is -0.138.